The summed E-state index contributed by atoms with van der Waals surface area (Å²) in [5.41, 5.74) is 1.92. The van der Waals surface area contributed by atoms with Crippen molar-refractivity contribution in [2.24, 2.45) is 5.92 Å². The van der Waals surface area contributed by atoms with Gasteiger partial charge in [-0.1, -0.05) is 42.5 Å². The van der Waals surface area contributed by atoms with Crippen LogP contribution < -0.4 is 4.74 Å². The Morgan fingerprint density at radius 2 is 1.48 bits per heavy atom. The standard InChI is InChI=1S/C20H20O5/c1-20(2)24-18(21)17(19(22)25-20)12-14-8-10-16(11-9-14)23-13-15-6-4-3-5-7-15/h3-11,17H,12-13H2,1-2H3. The van der Waals surface area contributed by atoms with Gasteiger partial charge >= 0.3 is 11.9 Å². The van der Waals surface area contributed by atoms with E-state index in [1.165, 1.54) is 13.8 Å². The monoisotopic (exact) mass is 340 g/mol. The molecule has 0 bridgehead atoms. The van der Waals surface area contributed by atoms with Crippen molar-refractivity contribution < 1.29 is 23.8 Å². The van der Waals surface area contributed by atoms with Crippen molar-refractivity contribution in [3.8, 4) is 5.75 Å². The van der Waals surface area contributed by atoms with Crippen molar-refractivity contribution >= 4 is 11.9 Å². The van der Waals surface area contributed by atoms with Crippen molar-refractivity contribution in [3.05, 3.63) is 65.7 Å². The van der Waals surface area contributed by atoms with E-state index in [-0.39, 0.29) is 6.42 Å². The number of benzene rings is 2. The maximum Gasteiger partial charge on any atom is 0.323 e. The minimum absolute atomic E-state index is 0.243. The summed E-state index contributed by atoms with van der Waals surface area (Å²) in [6, 6.07) is 17.2. The van der Waals surface area contributed by atoms with E-state index in [2.05, 4.69) is 0 Å². The third-order valence-electron chi connectivity index (χ3n) is 3.87. The molecule has 5 heteroatoms. The van der Waals surface area contributed by atoms with Gasteiger partial charge in [-0.05, 0) is 29.7 Å². The van der Waals surface area contributed by atoms with Crippen LogP contribution in [-0.4, -0.2) is 17.7 Å². The van der Waals surface area contributed by atoms with E-state index in [0.29, 0.717) is 6.61 Å². The molecule has 1 heterocycles. The van der Waals surface area contributed by atoms with Gasteiger partial charge in [-0.3, -0.25) is 9.59 Å². The Hall–Kier alpha value is -2.82. The molecule has 1 aliphatic heterocycles. The summed E-state index contributed by atoms with van der Waals surface area (Å²) < 4.78 is 16.0. The molecule has 1 aliphatic rings. The van der Waals surface area contributed by atoms with Crippen molar-refractivity contribution in [2.75, 3.05) is 0 Å². The number of cyclic esters (lactones) is 2. The molecule has 5 nitrogen and oxygen atoms in total. The molecule has 0 amide bonds. The average Bonchev–Trinajstić information content (AvgIpc) is 2.57. The molecule has 3 rings (SSSR count). The van der Waals surface area contributed by atoms with Crippen LogP contribution in [0.2, 0.25) is 0 Å². The predicted molar refractivity (Wildman–Crippen MR) is 90.7 cm³/mol. The second-order valence-electron chi connectivity index (χ2n) is 6.42. The Morgan fingerprint density at radius 3 is 2.08 bits per heavy atom. The first-order valence-electron chi connectivity index (χ1n) is 8.14. The Bertz CT molecular complexity index is 729. The molecule has 1 fully saturated rings. The van der Waals surface area contributed by atoms with E-state index in [4.69, 9.17) is 14.2 Å². The molecule has 0 atom stereocenters. The van der Waals surface area contributed by atoms with Crippen LogP contribution in [-0.2, 0) is 32.1 Å². The first-order valence-corrected chi connectivity index (χ1v) is 8.14. The van der Waals surface area contributed by atoms with E-state index in [1.54, 1.807) is 0 Å². The Labute approximate surface area is 146 Å². The van der Waals surface area contributed by atoms with Crippen LogP contribution >= 0.6 is 0 Å². The molecule has 0 saturated carbocycles. The van der Waals surface area contributed by atoms with Gasteiger partial charge in [-0.15, -0.1) is 0 Å². The van der Waals surface area contributed by atoms with Gasteiger partial charge in [0.25, 0.3) is 5.79 Å². The molecule has 130 valence electrons. The van der Waals surface area contributed by atoms with Crippen LogP contribution in [0.5, 0.6) is 5.75 Å². The van der Waals surface area contributed by atoms with Gasteiger partial charge in [0.05, 0.1) is 0 Å². The Morgan fingerprint density at radius 1 is 0.880 bits per heavy atom. The predicted octanol–water partition coefficient (Wildman–Crippen LogP) is 3.26. The van der Waals surface area contributed by atoms with E-state index in [9.17, 15) is 9.59 Å². The molecular formula is C20H20O5. The molecule has 0 unspecified atom stereocenters. The molecule has 1 saturated heterocycles. The minimum atomic E-state index is -1.19. The SMILES string of the molecule is CC1(C)OC(=O)C(Cc2ccc(OCc3ccccc3)cc2)C(=O)O1. The molecule has 0 spiro atoms. The molecule has 0 aliphatic carbocycles. The molecule has 0 N–H and O–H groups in total. The summed E-state index contributed by atoms with van der Waals surface area (Å²) in [7, 11) is 0. The zero-order chi connectivity index (χ0) is 17.9. The second kappa shape index (κ2) is 6.97. The molecule has 0 radical (unpaired) electrons. The van der Waals surface area contributed by atoms with Crippen molar-refractivity contribution in [2.45, 2.75) is 32.7 Å². The van der Waals surface area contributed by atoms with Crippen LogP contribution in [0.15, 0.2) is 54.6 Å². The van der Waals surface area contributed by atoms with Crippen LogP contribution in [0.25, 0.3) is 0 Å². The maximum atomic E-state index is 12.0. The zero-order valence-electron chi connectivity index (χ0n) is 14.2. The lowest BCUT2D eigenvalue weighted by Crippen LogP contribution is -2.46. The van der Waals surface area contributed by atoms with Gasteiger partial charge in [0, 0.05) is 13.8 Å². The van der Waals surface area contributed by atoms with Crippen molar-refractivity contribution in [1.29, 1.82) is 0 Å². The highest BCUT2D eigenvalue weighted by Gasteiger charge is 2.42. The molecule has 25 heavy (non-hydrogen) atoms. The highest BCUT2D eigenvalue weighted by atomic mass is 16.7. The van der Waals surface area contributed by atoms with Crippen molar-refractivity contribution in [3.63, 3.8) is 0 Å². The number of rotatable bonds is 5. The van der Waals surface area contributed by atoms with Crippen LogP contribution in [0.1, 0.15) is 25.0 Å². The highest BCUT2D eigenvalue weighted by Crippen LogP contribution is 2.26. The zero-order valence-corrected chi connectivity index (χ0v) is 14.2. The summed E-state index contributed by atoms with van der Waals surface area (Å²) in [4.78, 5) is 24.0. The Kier molecular flexibility index (Phi) is 4.74. The summed E-state index contributed by atoms with van der Waals surface area (Å²) >= 11 is 0. The molecule has 0 aromatic heterocycles. The molecule has 2 aromatic rings. The number of hydrogen-bond donors (Lipinski definition) is 0. The summed E-state index contributed by atoms with van der Waals surface area (Å²) in [5.74, 6) is -2.50. The fourth-order valence-corrected chi connectivity index (χ4v) is 2.61. The first kappa shape index (κ1) is 17.0. The largest absolute Gasteiger partial charge is 0.489 e. The van der Waals surface area contributed by atoms with Gasteiger partial charge < -0.3 is 14.2 Å². The fraction of sp³-hybridized carbons (Fsp3) is 0.300. The number of carbonyl (C=O) groups is 2. The lowest BCUT2D eigenvalue weighted by Gasteiger charge is -2.32. The summed E-state index contributed by atoms with van der Waals surface area (Å²) in [5, 5.41) is 0. The van der Waals surface area contributed by atoms with E-state index >= 15 is 0 Å². The topological polar surface area (TPSA) is 61.8 Å². The van der Waals surface area contributed by atoms with E-state index < -0.39 is 23.6 Å². The third-order valence-corrected chi connectivity index (χ3v) is 3.87. The van der Waals surface area contributed by atoms with E-state index in [0.717, 1.165) is 16.9 Å². The number of esters is 2. The van der Waals surface area contributed by atoms with Crippen molar-refractivity contribution in [1.82, 2.24) is 0 Å². The van der Waals surface area contributed by atoms with Gasteiger partial charge in [0.15, 0.2) is 5.92 Å². The second-order valence-corrected chi connectivity index (χ2v) is 6.42. The normalized spacial score (nSPS) is 16.9. The minimum Gasteiger partial charge on any atom is -0.489 e. The third kappa shape index (κ3) is 4.38. The van der Waals surface area contributed by atoms with E-state index in [1.807, 2.05) is 54.6 Å². The maximum absolute atomic E-state index is 12.0. The lowest BCUT2D eigenvalue weighted by atomic mass is 9.98. The summed E-state index contributed by atoms with van der Waals surface area (Å²) in [6.07, 6.45) is 0.243. The van der Waals surface area contributed by atoms with Gasteiger partial charge in [-0.2, -0.15) is 0 Å². The number of ether oxygens (including phenoxy) is 3. The smallest absolute Gasteiger partial charge is 0.323 e. The van der Waals surface area contributed by atoms with Crippen LogP contribution in [0.4, 0.5) is 0 Å². The lowest BCUT2D eigenvalue weighted by molar-refractivity contribution is -0.239. The van der Waals surface area contributed by atoms with Gasteiger partial charge in [0.1, 0.15) is 12.4 Å². The number of carbonyl (C=O) groups excluding carboxylic acids is 2. The highest BCUT2D eigenvalue weighted by molar-refractivity contribution is 5.96. The number of hydrogen-bond acceptors (Lipinski definition) is 5. The quantitative estimate of drug-likeness (QED) is 0.617. The average molecular weight is 340 g/mol. The van der Waals surface area contributed by atoms with Crippen LogP contribution in [0.3, 0.4) is 0 Å². The molecular weight excluding hydrogens is 320 g/mol. The Balaban J connectivity index is 1.59. The van der Waals surface area contributed by atoms with Gasteiger partial charge in [0.2, 0.25) is 0 Å². The van der Waals surface area contributed by atoms with Crippen LogP contribution in [0, 0.1) is 5.92 Å². The first-order chi connectivity index (χ1) is 11.9. The fourth-order valence-electron chi connectivity index (χ4n) is 2.61. The molecule has 2 aromatic carbocycles. The summed E-state index contributed by atoms with van der Waals surface area (Å²) in [6.45, 7) is 3.56. The van der Waals surface area contributed by atoms with Gasteiger partial charge in [-0.25, -0.2) is 0 Å².